The molecule has 2 aliphatic rings. The number of aromatic nitrogens is 3. The molecule has 1 atom stereocenters. The third-order valence-corrected chi connectivity index (χ3v) is 5.34. The summed E-state index contributed by atoms with van der Waals surface area (Å²) >= 11 is 0. The number of carbonyl (C=O) groups is 1. The minimum atomic E-state index is -0.924. The summed E-state index contributed by atoms with van der Waals surface area (Å²) in [6, 6.07) is 4.23. The number of imidazole rings is 1. The molecule has 0 spiro atoms. The van der Waals surface area contributed by atoms with E-state index in [0.717, 1.165) is 42.5 Å². The predicted octanol–water partition coefficient (Wildman–Crippen LogP) is 2.95. The Hall–Kier alpha value is -1.95. The van der Waals surface area contributed by atoms with Gasteiger partial charge in [0, 0.05) is 11.7 Å². The molecule has 0 bridgehead atoms. The molecule has 0 aromatic carbocycles. The van der Waals surface area contributed by atoms with E-state index in [4.69, 9.17) is 0 Å². The largest absolute Gasteiger partial charge is 0.389 e. The van der Waals surface area contributed by atoms with Gasteiger partial charge in [0.25, 0.3) is 0 Å². The molecular formula is C18H24N4O2. The van der Waals surface area contributed by atoms with Crippen molar-refractivity contribution in [3.8, 4) is 0 Å². The van der Waals surface area contributed by atoms with Gasteiger partial charge in [0.05, 0.1) is 12.0 Å². The summed E-state index contributed by atoms with van der Waals surface area (Å²) in [4.78, 5) is 21.6. The molecule has 0 radical (unpaired) electrons. The summed E-state index contributed by atoms with van der Waals surface area (Å²) in [7, 11) is 0. The van der Waals surface area contributed by atoms with E-state index in [9.17, 15) is 9.90 Å². The first-order chi connectivity index (χ1) is 11.4. The standard InChI is InChI=1S/C18H24N4O2/c1-11-6-9-14-16(19-11)22(13-4-3-5-13)17(20-14)21-15(23)10-18(2,24)12-7-8-12/h6,9,12-13,24H,3-5,7-8,10H2,1-2H3,(H,20,21,23)/t18-/m0/s1. The van der Waals surface area contributed by atoms with E-state index in [0.29, 0.717) is 12.0 Å². The summed E-state index contributed by atoms with van der Waals surface area (Å²) in [6.07, 6.45) is 5.49. The molecular weight excluding hydrogens is 304 g/mol. The van der Waals surface area contributed by atoms with Crippen molar-refractivity contribution in [2.45, 2.75) is 64.0 Å². The van der Waals surface area contributed by atoms with Crippen molar-refractivity contribution in [2.24, 2.45) is 5.92 Å². The van der Waals surface area contributed by atoms with Crippen molar-refractivity contribution in [2.75, 3.05) is 5.32 Å². The molecule has 0 unspecified atom stereocenters. The molecule has 4 rings (SSSR count). The molecule has 2 N–H and O–H groups in total. The maximum Gasteiger partial charge on any atom is 0.229 e. The SMILES string of the molecule is Cc1ccc2nc(NC(=O)C[C@](C)(O)C3CC3)n(C3CCC3)c2n1. The van der Waals surface area contributed by atoms with Gasteiger partial charge >= 0.3 is 0 Å². The fourth-order valence-corrected chi connectivity index (χ4v) is 3.49. The Balaban J connectivity index is 1.62. The van der Waals surface area contributed by atoms with Gasteiger partial charge in [-0.15, -0.1) is 0 Å². The van der Waals surface area contributed by atoms with Gasteiger partial charge in [0.2, 0.25) is 11.9 Å². The summed E-state index contributed by atoms with van der Waals surface area (Å²) < 4.78 is 2.07. The number of fused-ring (bicyclic) bond motifs is 1. The van der Waals surface area contributed by atoms with Crippen LogP contribution in [0.4, 0.5) is 5.95 Å². The molecule has 2 aromatic heterocycles. The highest BCUT2D eigenvalue weighted by Crippen LogP contribution is 2.41. The number of hydrogen-bond donors (Lipinski definition) is 2. The van der Waals surface area contributed by atoms with E-state index in [1.54, 1.807) is 6.92 Å². The Morgan fingerprint density at radius 3 is 2.71 bits per heavy atom. The lowest BCUT2D eigenvalue weighted by Crippen LogP contribution is -2.33. The fraction of sp³-hybridized carbons (Fsp3) is 0.611. The first-order valence-corrected chi connectivity index (χ1v) is 8.82. The van der Waals surface area contributed by atoms with Crippen LogP contribution in [0.25, 0.3) is 11.2 Å². The Kier molecular flexibility index (Phi) is 3.60. The lowest BCUT2D eigenvalue weighted by Gasteiger charge is -2.29. The van der Waals surface area contributed by atoms with Gasteiger partial charge in [-0.2, -0.15) is 0 Å². The second-order valence-electron chi connectivity index (χ2n) is 7.54. The number of aryl methyl sites for hydroxylation is 1. The predicted molar refractivity (Wildman–Crippen MR) is 91.7 cm³/mol. The van der Waals surface area contributed by atoms with Gasteiger partial charge in [0.15, 0.2) is 5.65 Å². The Bertz CT molecular complexity index is 788. The van der Waals surface area contributed by atoms with Crippen LogP contribution in [0.3, 0.4) is 0 Å². The maximum absolute atomic E-state index is 12.4. The van der Waals surface area contributed by atoms with Gasteiger partial charge < -0.3 is 5.11 Å². The number of pyridine rings is 1. The molecule has 128 valence electrons. The first kappa shape index (κ1) is 15.6. The van der Waals surface area contributed by atoms with Crippen LogP contribution >= 0.6 is 0 Å². The van der Waals surface area contributed by atoms with Gasteiger partial charge in [-0.1, -0.05) is 0 Å². The van der Waals surface area contributed by atoms with E-state index in [-0.39, 0.29) is 18.2 Å². The quantitative estimate of drug-likeness (QED) is 0.884. The first-order valence-electron chi connectivity index (χ1n) is 8.82. The van der Waals surface area contributed by atoms with E-state index < -0.39 is 5.60 Å². The Labute approximate surface area is 141 Å². The average Bonchev–Trinajstić information content (AvgIpc) is 3.24. The number of carbonyl (C=O) groups excluding carboxylic acids is 1. The fourth-order valence-electron chi connectivity index (χ4n) is 3.49. The molecule has 24 heavy (non-hydrogen) atoms. The molecule has 2 fully saturated rings. The van der Waals surface area contributed by atoms with Crippen molar-refractivity contribution >= 4 is 23.0 Å². The van der Waals surface area contributed by atoms with Crippen LogP contribution < -0.4 is 5.32 Å². The van der Waals surface area contributed by atoms with Gasteiger partial charge in [0.1, 0.15) is 5.52 Å². The van der Waals surface area contributed by atoms with Crippen LogP contribution in [-0.4, -0.2) is 31.1 Å². The highest BCUT2D eigenvalue weighted by atomic mass is 16.3. The maximum atomic E-state index is 12.4. The molecule has 0 saturated heterocycles. The zero-order chi connectivity index (χ0) is 16.9. The van der Waals surface area contributed by atoms with E-state index in [2.05, 4.69) is 19.9 Å². The number of amides is 1. The topological polar surface area (TPSA) is 80.0 Å². The molecule has 6 nitrogen and oxygen atoms in total. The minimum Gasteiger partial charge on any atom is -0.389 e. The van der Waals surface area contributed by atoms with Crippen molar-refractivity contribution in [1.82, 2.24) is 14.5 Å². The van der Waals surface area contributed by atoms with Crippen molar-refractivity contribution in [3.05, 3.63) is 17.8 Å². The summed E-state index contributed by atoms with van der Waals surface area (Å²) in [5, 5.41) is 13.3. The van der Waals surface area contributed by atoms with Gasteiger partial charge in [-0.25, -0.2) is 9.97 Å². The van der Waals surface area contributed by atoms with Crippen LogP contribution in [0.15, 0.2) is 12.1 Å². The zero-order valence-electron chi connectivity index (χ0n) is 14.2. The lowest BCUT2D eigenvalue weighted by molar-refractivity contribution is -0.121. The number of hydrogen-bond acceptors (Lipinski definition) is 4. The third-order valence-electron chi connectivity index (χ3n) is 5.34. The molecule has 2 aromatic rings. The lowest BCUT2D eigenvalue weighted by atomic mass is 9.93. The number of nitrogens with zero attached hydrogens (tertiary/aromatic N) is 3. The van der Waals surface area contributed by atoms with Crippen molar-refractivity contribution in [3.63, 3.8) is 0 Å². The zero-order valence-corrected chi connectivity index (χ0v) is 14.2. The van der Waals surface area contributed by atoms with Crippen LogP contribution in [0.1, 0.15) is 57.2 Å². The smallest absolute Gasteiger partial charge is 0.229 e. The Morgan fingerprint density at radius 2 is 2.08 bits per heavy atom. The second kappa shape index (κ2) is 5.55. The molecule has 2 heterocycles. The highest BCUT2D eigenvalue weighted by Gasteiger charge is 2.41. The third kappa shape index (κ3) is 2.79. The number of rotatable bonds is 5. The number of aliphatic hydroxyl groups is 1. The number of nitrogens with one attached hydrogen (secondary N) is 1. The van der Waals surface area contributed by atoms with Crippen molar-refractivity contribution in [1.29, 1.82) is 0 Å². The summed E-state index contributed by atoms with van der Waals surface area (Å²) in [5.41, 5.74) is 1.66. The second-order valence-corrected chi connectivity index (χ2v) is 7.54. The van der Waals surface area contributed by atoms with E-state index >= 15 is 0 Å². The van der Waals surface area contributed by atoms with Crippen LogP contribution in [0.5, 0.6) is 0 Å². The molecule has 6 heteroatoms. The number of anilines is 1. The molecule has 2 saturated carbocycles. The van der Waals surface area contributed by atoms with Crippen LogP contribution in [0, 0.1) is 12.8 Å². The van der Waals surface area contributed by atoms with Gasteiger partial charge in [-0.05, 0) is 64.0 Å². The minimum absolute atomic E-state index is 0.109. The van der Waals surface area contributed by atoms with E-state index in [1.807, 2.05) is 19.1 Å². The van der Waals surface area contributed by atoms with E-state index in [1.165, 1.54) is 6.42 Å². The molecule has 2 aliphatic carbocycles. The van der Waals surface area contributed by atoms with Crippen molar-refractivity contribution < 1.29 is 9.90 Å². The Morgan fingerprint density at radius 1 is 1.33 bits per heavy atom. The molecule has 1 amide bonds. The van der Waals surface area contributed by atoms with Gasteiger partial charge in [-0.3, -0.25) is 14.7 Å². The average molecular weight is 328 g/mol. The van der Waals surface area contributed by atoms with Crippen LogP contribution in [0.2, 0.25) is 0 Å². The monoisotopic (exact) mass is 328 g/mol. The summed E-state index contributed by atoms with van der Waals surface area (Å²) in [6.45, 7) is 3.71. The summed E-state index contributed by atoms with van der Waals surface area (Å²) in [5.74, 6) is 0.627. The van der Waals surface area contributed by atoms with Crippen LogP contribution in [-0.2, 0) is 4.79 Å². The normalized spacial score (nSPS) is 20.6. The highest BCUT2D eigenvalue weighted by molar-refractivity contribution is 5.91. The molecule has 0 aliphatic heterocycles.